The van der Waals surface area contributed by atoms with Gasteiger partial charge in [-0.15, -0.1) is 0 Å². The molecule has 0 radical (unpaired) electrons. The molecule has 0 aromatic rings. The topological polar surface area (TPSA) is 60.4 Å². The Balaban J connectivity index is 4.26. The van der Waals surface area contributed by atoms with Crippen molar-refractivity contribution >= 4 is 18.8 Å². The molecule has 0 heterocycles. The van der Waals surface area contributed by atoms with Gasteiger partial charge in [0, 0.05) is 0 Å². The Morgan fingerprint density at radius 2 is 1.44 bits per heavy atom. The average molecular weight is 414 g/mol. The first-order valence-electron chi connectivity index (χ1n) is 2.32. The molecule has 56 valence electrons. The normalized spacial score (nSPS) is 13.7. The Morgan fingerprint density at radius 1 is 1.11 bits per heavy atom. The zero-order valence-corrected chi connectivity index (χ0v) is 11.1. The van der Waals surface area contributed by atoms with Gasteiger partial charge in [0.15, 0.2) is 0 Å². The van der Waals surface area contributed by atoms with E-state index in [1.165, 1.54) is 0 Å². The van der Waals surface area contributed by atoms with Crippen LogP contribution in [-0.2, 0) is 28.0 Å². The molecule has 0 aliphatic heterocycles. The van der Waals surface area contributed by atoms with Crippen molar-refractivity contribution in [3.63, 3.8) is 0 Å². The molecular formula is C3H9O4ReSn. The summed E-state index contributed by atoms with van der Waals surface area (Å²) in [6.45, 7) is 0. The molecule has 0 saturated heterocycles. The summed E-state index contributed by atoms with van der Waals surface area (Å²) < 4.78 is 34.5. The fourth-order valence-corrected chi connectivity index (χ4v) is 15.6. The van der Waals surface area contributed by atoms with E-state index < -0.39 is 34.6 Å². The van der Waals surface area contributed by atoms with Crippen molar-refractivity contribution in [3.05, 3.63) is 0 Å². The maximum atomic E-state index is 10.0. The number of hydrogen-bond acceptors (Lipinski definition) is 4. The van der Waals surface area contributed by atoms with Gasteiger partial charge in [-0.05, 0) is 0 Å². The van der Waals surface area contributed by atoms with Gasteiger partial charge in [0.2, 0.25) is 0 Å². The van der Waals surface area contributed by atoms with E-state index in [9.17, 15) is 10.4 Å². The quantitative estimate of drug-likeness (QED) is 0.632. The molecule has 9 heavy (non-hydrogen) atoms. The van der Waals surface area contributed by atoms with Gasteiger partial charge in [0.05, 0.1) is 0 Å². The van der Waals surface area contributed by atoms with E-state index in [4.69, 9.17) is 0 Å². The SMILES string of the molecule is [CH3][Sn]([CH3])([CH3])[O][Re](=[O])(=[O])=[O]. The van der Waals surface area contributed by atoms with Crippen LogP contribution in [0.25, 0.3) is 0 Å². The Labute approximate surface area is 61.3 Å². The van der Waals surface area contributed by atoms with Crippen molar-refractivity contribution in [2.24, 2.45) is 0 Å². The Bertz CT molecular complexity index is 212. The second kappa shape index (κ2) is 2.82. The van der Waals surface area contributed by atoms with Gasteiger partial charge < -0.3 is 0 Å². The van der Waals surface area contributed by atoms with Gasteiger partial charge in [-0.1, -0.05) is 0 Å². The van der Waals surface area contributed by atoms with Crippen LogP contribution in [0.2, 0.25) is 14.8 Å². The Hall–Kier alpha value is 0.821. The van der Waals surface area contributed by atoms with Crippen LogP contribution >= 0.6 is 0 Å². The third kappa shape index (κ3) is 8.82. The van der Waals surface area contributed by atoms with E-state index in [1.807, 2.05) is 0 Å². The molecule has 4 nitrogen and oxygen atoms in total. The summed E-state index contributed by atoms with van der Waals surface area (Å²) in [4.78, 5) is 5.18. The van der Waals surface area contributed by atoms with E-state index in [-0.39, 0.29) is 0 Å². The van der Waals surface area contributed by atoms with Crippen molar-refractivity contribution in [2.75, 3.05) is 0 Å². The summed E-state index contributed by atoms with van der Waals surface area (Å²) in [7, 11) is 0. The van der Waals surface area contributed by atoms with Crippen LogP contribution in [0.4, 0.5) is 0 Å². The van der Waals surface area contributed by atoms with Gasteiger partial charge in [-0.25, -0.2) is 0 Å². The second-order valence-corrected chi connectivity index (χ2v) is 21.5. The molecule has 0 fully saturated rings. The molecule has 0 aliphatic carbocycles. The number of rotatable bonds is 2. The van der Waals surface area contributed by atoms with Gasteiger partial charge in [-0.3, -0.25) is 0 Å². The molecule has 0 amide bonds. The fraction of sp³-hybridized carbons (Fsp3) is 1.00. The first-order valence-corrected chi connectivity index (χ1v) is 16.5. The minimum absolute atomic E-state index is 1.73. The van der Waals surface area contributed by atoms with E-state index in [1.54, 1.807) is 14.8 Å². The average Bonchev–Trinajstić information content (AvgIpc) is 1.14. The van der Waals surface area contributed by atoms with E-state index in [2.05, 4.69) is 1.80 Å². The van der Waals surface area contributed by atoms with Gasteiger partial charge in [-0.2, -0.15) is 0 Å². The summed E-state index contributed by atoms with van der Waals surface area (Å²) >= 11 is -8.32. The third-order valence-electron chi connectivity index (χ3n) is 0.326. The fourth-order valence-electron chi connectivity index (χ4n) is 0.283. The monoisotopic (exact) mass is 416 g/mol. The Morgan fingerprint density at radius 3 is 1.44 bits per heavy atom. The molecule has 0 rings (SSSR count). The van der Waals surface area contributed by atoms with Crippen molar-refractivity contribution in [3.8, 4) is 0 Å². The van der Waals surface area contributed by atoms with Crippen molar-refractivity contribution in [1.29, 1.82) is 0 Å². The second-order valence-electron chi connectivity index (χ2n) is 2.57. The molecule has 0 unspecified atom stereocenters. The van der Waals surface area contributed by atoms with Crippen molar-refractivity contribution in [1.82, 2.24) is 0 Å². The minimum atomic E-state index is -5.52. The maximum absolute atomic E-state index is 10.0. The summed E-state index contributed by atoms with van der Waals surface area (Å²) in [6.07, 6.45) is 0. The van der Waals surface area contributed by atoms with E-state index in [0.29, 0.717) is 0 Å². The predicted octanol–water partition coefficient (Wildman–Crippen LogP) is 0.943. The van der Waals surface area contributed by atoms with E-state index in [0.717, 1.165) is 0 Å². The molecule has 0 bridgehead atoms. The molecular weight excluding hydrogens is 405 g/mol. The summed E-state index contributed by atoms with van der Waals surface area (Å²) in [5, 5.41) is 0. The molecule has 0 N–H and O–H groups in total. The van der Waals surface area contributed by atoms with Crippen LogP contribution in [0.5, 0.6) is 0 Å². The van der Waals surface area contributed by atoms with Crippen molar-refractivity contribution in [2.45, 2.75) is 14.8 Å². The third-order valence-corrected chi connectivity index (χ3v) is 17.9. The molecule has 0 aliphatic rings. The molecule has 0 aromatic carbocycles. The zero-order chi connectivity index (χ0) is 7.71. The van der Waals surface area contributed by atoms with Gasteiger partial charge in [0.25, 0.3) is 0 Å². The summed E-state index contributed by atoms with van der Waals surface area (Å²) in [5.41, 5.74) is 0. The molecule has 6 heteroatoms. The standard InChI is InChI=1S/3CH3.4O.Re.Sn/h3*1H3;;;;;;. The van der Waals surface area contributed by atoms with Gasteiger partial charge >= 0.3 is 61.6 Å². The van der Waals surface area contributed by atoms with Crippen LogP contribution in [0.1, 0.15) is 0 Å². The van der Waals surface area contributed by atoms with Crippen LogP contribution in [-0.4, -0.2) is 18.8 Å². The van der Waals surface area contributed by atoms with Crippen LogP contribution in [0.15, 0.2) is 0 Å². The first-order chi connectivity index (χ1) is 3.71. The first kappa shape index (κ1) is 9.82. The summed E-state index contributed by atoms with van der Waals surface area (Å²) in [5.74, 6) is 0. The molecule has 0 aromatic heterocycles. The zero-order valence-electron chi connectivity index (χ0n) is 5.51. The number of hydrogen-bond donors (Lipinski definition) is 0. The molecule has 0 saturated carbocycles. The summed E-state index contributed by atoms with van der Waals surface area (Å²) in [6, 6.07) is 0. The Kier molecular flexibility index (Phi) is 3.08. The van der Waals surface area contributed by atoms with E-state index >= 15 is 0 Å². The van der Waals surface area contributed by atoms with Crippen molar-refractivity contribution < 1.29 is 28.0 Å². The molecule has 0 atom stereocenters. The van der Waals surface area contributed by atoms with Crippen LogP contribution < -0.4 is 0 Å². The molecule has 0 spiro atoms. The van der Waals surface area contributed by atoms with Gasteiger partial charge in [0.1, 0.15) is 0 Å². The predicted molar refractivity (Wildman–Crippen MR) is 26.5 cm³/mol. The van der Waals surface area contributed by atoms with Crippen LogP contribution in [0, 0.1) is 0 Å². The van der Waals surface area contributed by atoms with Crippen LogP contribution in [0.3, 0.4) is 0 Å².